The van der Waals surface area contributed by atoms with Crippen LogP contribution in [0.1, 0.15) is 25.9 Å². The first kappa shape index (κ1) is 15.9. The second-order valence-corrected chi connectivity index (χ2v) is 6.39. The number of carboxylic acid groups (broad SMARTS) is 1. The van der Waals surface area contributed by atoms with Crippen molar-refractivity contribution in [2.75, 3.05) is 6.54 Å². The molecular formula is C13H10BrClN2O3S. The predicted octanol–water partition coefficient (Wildman–Crippen LogP) is 3.23. The lowest BCUT2D eigenvalue weighted by Gasteiger charge is -2.05. The van der Waals surface area contributed by atoms with Crippen molar-refractivity contribution in [2.24, 2.45) is 0 Å². The van der Waals surface area contributed by atoms with Crippen LogP contribution in [-0.4, -0.2) is 28.5 Å². The zero-order chi connectivity index (χ0) is 15.4. The second kappa shape index (κ2) is 7.02. The predicted molar refractivity (Wildman–Crippen MR) is 84.3 cm³/mol. The van der Waals surface area contributed by atoms with Crippen LogP contribution in [-0.2, 0) is 6.42 Å². The minimum absolute atomic E-state index is 0.0279. The number of thiazole rings is 1. The molecule has 0 saturated carbocycles. The lowest BCUT2D eigenvalue weighted by atomic mass is 10.2. The topological polar surface area (TPSA) is 79.3 Å². The number of nitrogens with zero attached hydrogens (tertiary/aromatic N) is 1. The Morgan fingerprint density at radius 1 is 1.38 bits per heavy atom. The highest BCUT2D eigenvalue weighted by Gasteiger charge is 2.10. The van der Waals surface area contributed by atoms with Crippen molar-refractivity contribution in [2.45, 2.75) is 6.42 Å². The number of hydrogen-bond donors (Lipinski definition) is 2. The Kier molecular flexibility index (Phi) is 5.33. The molecule has 1 aromatic carbocycles. The fraction of sp³-hybridized carbons (Fsp3) is 0.154. The highest BCUT2D eigenvalue weighted by Crippen LogP contribution is 2.19. The van der Waals surface area contributed by atoms with Crippen molar-refractivity contribution >= 4 is 50.7 Å². The molecule has 0 aliphatic carbocycles. The van der Waals surface area contributed by atoms with Crippen LogP contribution in [0.3, 0.4) is 0 Å². The number of carboxylic acids is 1. The van der Waals surface area contributed by atoms with Crippen molar-refractivity contribution in [3.63, 3.8) is 0 Å². The van der Waals surface area contributed by atoms with E-state index in [9.17, 15) is 9.59 Å². The molecule has 110 valence electrons. The fourth-order valence-corrected chi connectivity index (χ4v) is 3.23. The lowest BCUT2D eigenvalue weighted by molar-refractivity contribution is 0.0690. The number of benzene rings is 1. The van der Waals surface area contributed by atoms with E-state index in [1.165, 1.54) is 16.7 Å². The highest BCUT2D eigenvalue weighted by atomic mass is 79.9. The first-order valence-electron chi connectivity index (χ1n) is 5.87. The molecule has 21 heavy (non-hydrogen) atoms. The third-order valence-electron chi connectivity index (χ3n) is 2.52. The van der Waals surface area contributed by atoms with Gasteiger partial charge < -0.3 is 10.4 Å². The Morgan fingerprint density at radius 2 is 2.14 bits per heavy atom. The largest absolute Gasteiger partial charge is 0.476 e. The molecule has 0 atom stereocenters. The highest BCUT2D eigenvalue weighted by molar-refractivity contribution is 9.10. The van der Waals surface area contributed by atoms with Crippen molar-refractivity contribution in [1.29, 1.82) is 0 Å². The molecule has 0 saturated heterocycles. The van der Waals surface area contributed by atoms with E-state index in [4.69, 9.17) is 16.7 Å². The Morgan fingerprint density at radius 3 is 2.76 bits per heavy atom. The van der Waals surface area contributed by atoms with Crippen LogP contribution in [0.2, 0.25) is 5.02 Å². The molecule has 1 heterocycles. The molecule has 0 spiro atoms. The normalized spacial score (nSPS) is 10.4. The number of aromatic nitrogens is 1. The van der Waals surface area contributed by atoms with Crippen LogP contribution in [0.5, 0.6) is 0 Å². The average molecular weight is 390 g/mol. The van der Waals surface area contributed by atoms with E-state index in [1.807, 2.05) is 0 Å². The summed E-state index contributed by atoms with van der Waals surface area (Å²) in [6, 6.07) is 4.95. The van der Waals surface area contributed by atoms with E-state index in [0.29, 0.717) is 28.6 Å². The maximum absolute atomic E-state index is 12.0. The standard InChI is InChI=1S/C13H10BrClN2O3S/c14-8-3-7(4-9(15)5-8)12(18)16-2-1-11-17-10(6-21-11)13(19)20/h3-6H,1-2H2,(H,16,18)(H,19,20). The minimum atomic E-state index is -1.05. The third-order valence-corrected chi connectivity index (χ3v) is 4.10. The third kappa shape index (κ3) is 4.52. The van der Waals surface area contributed by atoms with Gasteiger partial charge in [0.2, 0.25) is 0 Å². The van der Waals surface area contributed by atoms with Crippen LogP contribution < -0.4 is 5.32 Å². The molecule has 0 unspecified atom stereocenters. The van der Waals surface area contributed by atoms with E-state index in [2.05, 4.69) is 26.2 Å². The molecule has 0 aliphatic rings. The van der Waals surface area contributed by atoms with Gasteiger partial charge in [-0.25, -0.2) is 9.78 Å². The van der Waals surface area contributed by atoms with Crippen LogP contribution in [0, 0.1) is 0 Å². The van der Waals surface area contributed by atoms with Gasteiger partial charge in [0.15, 0.2) is 5.69 Å². The molecule has 5 nitrogen and oxygen atoms in total. The maximum atomic E-state index is 12.0. The summed E-state index contributed by atoms with van der Waals surface area (Å²) in [7, 11) is 0. The summed E-state index contributed by atoms with van der Waals surface area (Å²) < 4.78 is 0.728. The molecule has 0 bridgehead atoms. The number of carbonyl (C=O) groups is 2. The number of nitrogens with one attached hydrogen (secondary N) is 1. The van der Waals surface area contributed by atoms with E-state index in [0.717, 1.165) is 4.47 Å². The van der Waals surface area contributed by atoms with Crippen molar-refractivity contribution < 1.29 is 14.7 Å². The van der Waals surface area contributed by atoms with Crippen LogP contribution in [0.15, 0.2) is 28.1 Å². The molecule has 0 fully saturated rings. The summed E-state index contributed by atoms with van der Waals surface area (Å²) in [6.07, 6.45) is 0.478. The first-order valence-corrected chi connectivity index (χ1v) is 7.93. The van der Waals surface area contributed by atoms with Gasteiger partial charge in [0, 0.05) is 33.4 Å². The van der Waals surface area contributed by atoms with Crippen LogP contribution >= 0.6 is 38.9 Å². The molecule has 0 radical (unpaired) electrons. The molecular weight excluding hydrogens is 380 g/mol. The number of rotatable bonds is 5. The number of aromatic carboxylic acids is 1. The van der Waals surface area contributed by atoms with Gasteiger partial charge in [-0.15, -0.1) is 11.3 Å². The number of halogens is 2. The van der Waals surface area contributed by atoms with E-state index >= 15 is 0 Å². The first-order chi connectivity index (χ1) is 9.95. The molecule has 2 N–H and O–H groups in total. The number of hydrogen-bond acceptors (Lipinski definition) is 4. The molecule has 2 rings (SSSR count). The van der Waals surface area contributed by atoms with Gasteiger partial charge in [0.25, 0.3) is 5.91 Å². The smallest absolute Gasteiger partial charge is 0.355 e. The lowest BCUT2D eigenvalue weighted by Crippen LogP contribution is -2.25. The molecule has 8 heteroatoms. The zero-order valence-electron chi connectivity index (χ0n) is 10.6. The quantitative estimate of drug-likeness (QED) is 0.823. The van der Waals surface area contributed by atoms with Gasteiger partial charge in [-0.05, 0) is 18.2 Å². The Labute approximate surface area is 138 Å². The van der Waals surface area contributed by atoms with Gasteiger partial charge in [0.05, 0.1) is 5.01 Å². The number of carbonyl (C=O) groups excluding carboxylic acids is 1. The zero-order valence-corrected chi connectivity index (χ0v) is 13.8. The van der Waals surface area contributed by atoms with E-state index < -0.39 is 5.97 Å². The monoisotopic (exact) mass is 388 g/mol. The van der Waals surface area contributed by atoms with E-state index in [1.54, 1.807) is 18.2 Å². The Bertz CT molecular complexity index is 670. The molecule has 1 aromatic heterocycles. The Hall–Kier alpha value is -1.44. The van der Waals surface area contributed by atoms with Crippen molar-refractivity contribution in [3.8, 4) is 0 Å². The fourth-order valence-electron chi connectivity index (χ4n) is 1.59. The van der Waals surface area contributed by atoms with Crippen molar-refractivity contribution in [1.82, 2.24) is 10.3 Å². The summed E-state index contributed by atoms with van der Waals surface area (Å²) in [5, 5.41) is 14.1. The summed E-state index contributed by atoms with van der Waals surface area (Å²) in [5.41, 5.74) is 0.486. The summed E-state index contributed by atoms with van der Waals surface area (Å²) >= 11 is 10.4. The minimum Gasteiger partial charge on any atom is -0.476 e. The van der Waals surface area contributed by atoms with Gasteiger partial charge in [-0.3, -0.25) is 4.79 Å². The summed E-state index contributed by atoms with van der Waals surface area (Å²) in [4.78, 5) is 26.6. The SMILES string of the molecule is O=C(NCCc1nc(C(=O)O)cs1)c1cc(Cl)cc(Br)c1. The molecule has 2 aromatic rings. The van der Waals surface area contributed by atoms with E-state index in [-0.39, 0.29) is 11.6 Å². The molecule has 1 amide bonds. The summed E-state index contributed by atoms with van der Waals surface area (Å²) in [6.45, 7) is 0.371. The van der Waals surface area contributed by atoms with Gasteiger partial charge >= 0.3 is 5.97 Å². The number of amides is 1. The van der Waals surface area contributed by atoms with Gasteiger partial charge in [0.1, 0.15) is 0 Å². The van der Waals surface area contributed by atoms with Crippen LogP contribution in [0.4, 0.5) is 0 Å². The Balaban J connectivity index is 1.90. The second-order valence-electron chi connectivity index (χ2n) is 4.10. The summed E-state index contributed by atoms with van der Waals surface area (Å²) in [5.74, 6) is -1.29. The van der Waals surface area contributed by atoms with Crippen molar-refractivity contribution in [3.05, 3.63) is 49.3 Å². The van der Waals surface area contributed by atoms with Gasteiger partial charge in [-0.2, -0.15) is 0 Å². The maximum Gasteiger partial charge on any atom is 0.355 e. The average Bonchev–Trinajstić information content (AvgIpc) is 2.86. The molecule has 0 aliphatic heterocycles. The van der Waals surface area contributed by atoms with Crippen LogP contribution in [0.25, 0.3) is 0 Å². The van der Waals surface area contributed by atoms with Gasteiger partial charge in [-0.1, -0.05) is 27.5 Å².